The van der Waals surface area contributed by atoms with Crippen molar-refractivity contribution in [1.29, 1.82) is 0 Å². The van der Waals surface area contributed by atoms with Gasteiger partial charge in [-0.15, -0.1) is 0 Å². The Hall–Kier alpha value is -1.18. The lowest BCUT2D eigenvalue weighted by Gasteiger charge is -2.08. The van der Waals surface area contributed by atoms with Crippen LogP contribution >= 0.6 is 0 Å². The van der Waals surface area contributed by atoms with E-state index in [0.717, 1.165) is 6.42 Å². The molecule has 0 radical (unpaired) electrons. The normalized spacial score (nSPS) is 10.6. The predicted molar refractivity (Wildman–Crippen MR) is 81.0 cm³/mol. The van der Waals surface area contributed by atoms with E-state index >= 15 is 0 Å². The van der Waals surface area contributed by atoms with Crippen LogP contribution in [0.3, 0.4) is 0 Å². The van der Waals surface area contributed by atoms with E-state index in [1.807, 2.05) is 19.1 Å². The first-order chi connectivity index (χ1) is 9.27. The molecule has 0 unspecified atom stereocenters. The molecule has 0 aliphatic rings. The largest absolute Gasteiger partial charge is 0.504 e. The van der Waals surface area contributed by atoms with Crippen LogP contribution in [0.1, 0.15) is 64.4 Å². The molecule has 0 saturated heterocycles. The average Bonchev–Trinajstić information content (AvgIpc) is 2.41. The number of ether oxygens (including phenoxy) is 1. The molecule has 1 rings (SSSR count). The van der Waals surface area contributed by atoms with E-state index in [4.69, 9.17) is 4.74 Å². The Balaban J connectivity index is 2.23. The smallest absolute Gasteiger partial charge is 0.161 e. The SMILES string of the molecule is CCCCCCCCCc1ccc(O)c(OCC)c1. The van der Waals surface area contributed by atoms with Gasteiger partial charge in [-0.3, -0.25) is 0 Å². The Morgan fingerprint density at radius 2 is 1.63 bits per heavy atom. The molecule has 19 heavy (non-hydrogen) atoms. The van der Waals surface area contributed by atoms with E-state index in [1.165, 1.54) is 50.5 Å². The molecule has 2 nitrogen and oxygen atoms in total. The van der Waals surface area contributed by atoms with E-state index in [9.17, 15) is 5.11 Å². The van der Waals surface area contributed by atoms with Crippen LogP contribution in [0.2, 0.25) is 0 Å². The van der Waals surface area contributed by atoms with Gasteiger partial charge in [0.15, 0.2) is 11.5 Å². The molecule has 0 spiro atoms. The molecule has 0 aromatic heterocycles. The van der Waals surface area contributed by atoms with Crippen LogP contribution in [-0.2, 0) is 6.42 Å². The first-order valence-electron chi connectivity index (χ1n) is 7.72. The summed E-state index contributed by atoms with van der Waals surface area (Å²) in [5, 5.41) is 9.63. The van der Waals surface area contributed by atoms with E-state index in [2.05, 4.69) is 6.92 Å². The van der Waals surface area contributed by atoms with Gasteiger partial charge >= 0.3 is 0 Å². The Kier molecular flexibility index (Phi) is 8.11. The zero-order valence-electron chi connectivity index (χ0n) is 12.5. The minimum absolute atomic E-state index is 0.241. The van der Waals surface area contributed by atoms with E-state index in [1.54, 1.807) is 6.07 Å². The fourth-order valence-corrected chi connectivity index (χ4v) is 2.27. The molecule has 0 heterocycles. The average molecular weight is 264 g/mol. The van der Waals surface area contributed by atoms with Crippen LogP contribution < -0.4 is 4.74 Å². The number of hydrogen-bond acceptors (Lipinski definition) is 2. The Morgan fingerprint density at radius 3 is 2.32 bits per heavy atom. The third kappa shape index (κ3) is 6.51. The zero-order valence-corrected chi connectivity index (χ0v) is 12.5. The third-order valence-corrected chi connectivity index (χ3v) is 3.39. The van der Waals surface area contributed by atoms with Crippen LogP contribution in [0.15, 0.2) is 18.2 Å². The lowest BCUT2D eigenvalue weighted by atomic mass is 10.0. The second-order valence-electron chi connectivity index (χ2n) is 5.11. The molecule has 0 fully saturated rings. The van der Waals surface area contributed by atoms with E-state index in [-0.39, 0.29) is 5.75 Å². The number of phenols is 1. The molecule has 2 heteroatoms. The van der Waals surface area contributed by atoms with Crippen LogP contribution in [0.4, 0.5) is 0 Å². The molecular weight excluding hydrogens is 236 g/mol. The van der Waals surface area contributed by atoms with Crippen LogP contribution in [0.5, 0.6) is 11.5 Å². The summed E-state index contributed by atoms with van der Waals surface area (Å²) in [6.45, 7) is 4.78. The first-order valence-corrected chi connectivity index (χ1v) is 7.72. The summed E-state index contributed by atoms with van der Waals surface area (Å²) in [5.41, 5.74) is 1.26. The molecular formula is C17H28O2. The minimum atomic E-state index is 0.241. The topological polar surface area (TPSA) is 29.5 Å². The summed E-state index contributed by atoms with van der Waals surface area (Å²) >= 11 is 0. The van der Waals surface area contributed by atoms with Crippen molar-refractivity contribution in [2.45, 2.75) is 65.2 Å². The van der Waals surface area contributed by atoms with Crippen molar-refractivity contribution in [3.05, 3.63) is 23.8 Å². The maximum atomic E-state index is 9.63. The number of phenolic OH excluding ortho intramolecular Hbond substituents is 1. The summed E-state index contributed by atoms with van der Waals surface area (Å²) in [7, 11) is 0. The second kappa shape index (κ2) is 9.71. The number of rotatable bonds is 10. The molecule has 0 amide bonds. The highest BCUT2D eigenvalue weighted by molar-refractivity contribution is 5.41. The predicted octanol–water partition coefficient (Wildman–Crippen LogP) is 5.08. The molecule has 1 aromatic carbocycles. The number of aryl methyl sites for hydroxylation is 1. The number of aromatic hydroxyl groups is 1. The Labute approximate surface area is 117 Å². The molecule has 0 bridgehead atoms. The van der Waals surface area contributed by atoms with Gasteiger partial charge in [-0.25, -0.2) is 0 Å². The first kappa shape index (κ1) is 15.9. The van der Waals surface area contributed by atoms with Crippen LogP contribution in [-0.4, -0.2) is 11.7 Å². The van der Waals surface area contributed by atoms with Gasteiger partial charge in [0, 0.05) is 0 Å². The Morgan fingerprint density at radius 1 is 0.947 bits per heavy atom. The van der Waals surface area contributed by atoms with Crippen molar-refractivity contribution in [3.63, 3.8) is 0 Å². The molecule has 108 valence electrons. The lowest BCUT2D eigenvalue weighted by Crippen LogP contribution is -1.94. The maximum Gasteiger partial charge on any atom is 0.161 e. The molecule has 0 saturated carbocycles. The molecule has 0 aliphatic heterocycles. The molecule has 0 atom stereocenters. The van der Waals surface area contributed by atoms with Gasteiger partial charge in [-0.05, 0) is 37.5 Å². The number of unbranched alkanes of at least 4 members (excludes halogenated alkanes) is 6. The van der Waals surface area contributed by atoms with Crippen LogP contribution in [0, 0.1) is 0 Å². The lowest BCUT2D eigenvalue weighted by molar-refractivity contribution is 0.317. The summed E-state index contributed by atoms with van der Waals surface area (Å²) < 4.78 is 5.40. The highest BCUT2D eigenvalue weighted by atomic mass is 16.5. The summed E-state index contributed by atoms with van der Waals surface area (Å²) in [5.74, 6) is 0.855. The van der Waals surface area contributed by atoms with E-state index < -0.39 is 0 Å². The fraction of sp³-hybridized carbons (Fsp3) is 0.647. The van der Waals surface area contributed by atoms with Gasteiger partial charge < -0.3 is 9.84 Å². The van der Waals surface area contributed by atoms with Gasteiger partial charge in [0.1, 0.15) is 0 Å². The highest BCUT2D eigenvalue weighted by Crippen LogP contribution is 2.27. The highest BCUT2D eigenvalue weighted by Gasteiger charge is 2.03. The van der Waals surface area contributed by atoms with Gasteiger partial charge in [0.25, 0.3) is 0 Å². The van der Waals surface area contributed by atoms with Gasteiger partial charge in [-0.1, -0.05) is 51.5 Å². The standard InChI is InChI=1S/C17H28O2/c1-3-5-6-7-8-9-10-11-15-12-13-16(18)17(14-15)19-4-2/h12-14,18H,3-11H2,1-2H3. The summed E-state index contributed by atoms with van der Waals surface area (Å²) in [6, 6.07) is 5.70. The quantitative estimate of drug-likeness (QED) is 0.597. The molecule has 1 aromatic rings. The second-order valence-corrected chi connectivity index (χ2v) is 5.11. The van der Waals surface area contributed by atoms with Crippen molar-refractivity contribution in [3.8, 4) is 11.5 Å². The van der Waals surface area contributed by atoms with Crippen molar-refractivity contribution >= 4 is 0 Å². The number of hydrogen-bond donors (Lipinski definition) is 1. The van der Waals surface area contributed by atoms with Crippen molar-refractivity contribution in [1.82, 2.24) is 0 Å². The maximum absolute atomic E-state index is 9.63. The van der Waals surface area contributed by atoms with Crippen molar-refractivity contribution in [2.24, 2.45) is 0 Å². The minimum Gasteiger partial charge on any atom is -0.504 e. The fourth-order valence-electron chi connectivity index (χ4n) is 2.27. The van der Waals surface area contributed by atoms with Crippen molar-refractivity contribution < 1.29 is 9.84 Å². The van der Waals surface area contributed by atoms with Gasteiger partial charge in [0.05, 0.1) is 6.61 Å². The van der Waals surface area contributed by atoms with Gasteiger partial charge in [-0.2, -0.15) is 0 Å². The summed E-state index contributed by atoms with van der Waals surface area (Å²) in [6.07, 6.45) is 10.4. The number of benzene rings is 1. The third-order valence-electron chi connectivity index (χ3n) is 3.39. The van der Waals surface area contributed by atoms with Gasteiger partial charge in [0.2, 0.25) is 0 Å². The Bertz CT molecular complexity index is 347. The molecule has 1 N–H and O–H groups in total. The van der Waals surface area contributed by atoms with Crippen LogP contribution in [0.25, 0.3) is 0 Å². The monoisotopic (exact) mass is 264 g/mol. The zero-order chi connectivity index (χ0) is 13.9. The summed E-state index contributed by atoms with van der Waals surface area (Å²) in [4.78, 5) is 0. The van der Waals surface area contributed by atoms with Crippen molar-refractivity contribution in [2.75, 3.05) is 6.61 Å². The van der Waals surface area contributed by atoms with E-state index in [0.29, 0.717) is 12.4 Å². The molecule has 0 aliphatic carbocycles.